The average Bonchev–Trinajstić information content (AvgIpc) is 3.27. The normalized spacial score (nSPS) is 15.2. The van der Waals surface area contributed by atoms with Crippen LogP contribution in [0.2, 0.25) is 0 Å². The Kier molecular flexibility index (Phi) is 3.97. The van der Waals surface area contributed by atoms with E-state index in [4.69, 9.17) is 4.74 Å². The van der Waals surface area contributed by atoms with Gasteiger partial charge >= 0.3 is 0 Å². The van der Waals surface area contributed by atoms with Crippen molar-refractivity contribution in [2.75, 3.05) is 7.11 Å². The Hall–Kier alpha value is -1.79. The molecule has 0 unspecified atom stereocenters. The van der Waals surface area contributed by atoms with Gasteiger partial charge in [-0.1, -0.05) is 12.1 Å². The van der Waals surface area contributed by atoms with Gasteiger partial charge in [0.25, 0.3) is 0 Å². The first-order valence-corrected chi connectivity index (χ1v) is 8.73. The molecule has 0 amide bonds. The largest absolute Gasteiger partial charge is 0.495 e. The quantitative estimate of drug-likeness (QED) is 0.821. The highest BCUT2D eigenvalue weighted by molar-refractivity contribution is 7.89. The second-order valence-corrected chi connectivity index (χ2v) is 7.40. The third-order valence-corrected chi connectivity index (χ3v) is 5.92. The van der Waals surface area contributed by atoms with Crippen LogP contribution >= 0.6 is 0 Å². The molecule has 1 saturated carbocycles. The predicted molar refractivity (Wildman–Crippen MR) is 84.2 cm³/mol. The summed E-state index contributed by atoms with van der Waals surface area (Å²) in [5, 5.41) is 0. The summed E-state index contributed by atoms with van der Waals surface area (Å²) in [6.45, 7) is 0.383. The number of rotatable bonds is 6. The van der Waals surface area contributed by atoms with Crippen molar-refractivity contribution in [3.8, 4) is 5.75 Å². The number of para-hydroxylation sites is 1. The van der Waals surface area contributed by atoms with Crippen molar-refractivity contribution in [3.63, 3.8) is 0 Å². The number of sulfonamides is 1. The van der Waals surface area contributed by atoms with Gasteiger partial charge in [0.2, 0.25) is 10.0 Å². The van der Waals surface area contributed by atoms with Crippen molar-refractivity contribution in [2.24, 2.45) is 7.05 Å². The summed E-state index contributed by atoms with van der Waals surface area (Å²) in [6.07, 6.45) is 3.76. The van der Waals surface area contributed by atoms with Crippen LogP contribution < -0.4 is 4.74 Å². The van der Waals surface area contributed by atoms with Crippen LogP contribution in [-0.2, 0) is 23.6 Å². The zero-order chi connectivity index (χ0) is 15.7. The Bertz CT molecular complexity index is 763. The number of aromatic nitrogens is 1. The van der Waals surface area contributed by atoms with Crippen molar-refractivity contribution in [3.05, 3.63) is 48.3 Å². The Labute approximate surface area is 131 Å². The predicted octanol–water partition coefficient (Wildman–Crippen LogP) is 2.39. The number of methoxy groups -OCH3 is 1. The molecule has 0 radical (unpaired) electrons. The summed E-state index contributed by atoms with van der Waals surface area (Å²) in [6, 6.07) is 10.8. The van der Waals surface area contributed by atoms with Gasteiger partial charge < -0.3 is 9.30 Å². The van der Waals surface area contributed by atoms with Crippen molar-refractivity contribution in [1.29, 1.82) is 0 Å². The van der Waals surface area contributed by atoms with Gasteiger partial charge in [0.15, 0.2) is 0 Å². The molecule has 1 aromatic carbocycles. The van der Waals surface area contributed by atoms with E-state index in [-0.39, 0.29) is 10.9 Å². The zero-order valence-corrected chi connectivity index (χ0v) is 13.6. The Morgan fingerprint density at radius 3 is 2.55 bits per heavy atom. The minimum absolute atomic E-state index is 0.0878. The van der Waals surface area contributed by atoms with E-state index in [0.29, 0.717) is 12.3 Å². The lowest BCUT2D eigenvalue weighted by Gasteiger charge is -2.23. The second-order valence-electron chi connectivity index (χ2n) is 5.54. The molecular formula is C16H20N2O3S. The fraction of sp³-hybridized carbons (Fsp3) is 0.375. The van der Waals surface area contributed by atoms with Crippen molar-refractivity contribution >= 4 is 10.0 Å². The molecule has 0 spiro atoms. The monoisotopic (exact) mass is 320 g/mol. The highest BCUT2D eigenvalue weighted by atomic mass is 32.2. The van der Waals surface area contributed by atoms with Crippen LogP contribution in [0.15, 0.2) is 47.5 Å². The highest BCUT2D eigenvalue weighted by Crippen LogP contribution is 2.36. The molecule has 1 aliphatic rings. The molecule has 0 bridgehead atoms. The lowest BCUT2D eigenvalue weighted by atomic mass is 10.3. The van der Waals surface area contributed by atoms with Gasteiger partial charge in [0.05, 0.1) is 13.7 Å². The molecular weight excluding hydrogens is 300 g/mol. The van der Waals surface area contributed by atoms with E-state index in [2.05, 4.69) is 0 Å². The maximum atomic E-state index is 13.1. The fourth-order valence-electron chi connectivity index (χ4n) is 2.55. The summed E-state index contributed by atoms with van der Waals surface area (Å²) in [7, 11) is -0.159. The maximum absolute atomic E-state index is 13.1. The number of benzene rings is 1. The van der Waals surface area contributed by atoms with Crippen LogP contribution in [0, 0.1) is 0 Å². The number of ether oxygens (including phenoxy) is 1. The van der Waals surface area contributed by atoms with Gasteiger partial charge in [-0.25, -0.2) is 8.42 Å². The van der Waals surface area contributed by atoms with Crippen LogP contribution in [0.1, 0.15) is 18.5 Å². The van der Waals surface area contributed by atoms with E-state index in [1.54, 1.807) is 28.6 Å². The minimum atomic E-state index is -3.58. The van der Waals surface area contributed by atoms with Crippen molar-refractivity contribution < 1.29 is 13.2 Å². The Balaban J connectivity index is 1.98. The molecule has 2 aromatic rings. The van der Waals surface area contributed by atoms with Crippen molar-refractivity contribution in [2.45, 2.75) is 30.3 Å². The molecule has 1 heterocycles. The van der Waals surface area contributed by atoms with Gasteiger partial charge in [-0.2, -0.15) is 4.31 Å². The number of aryl methyl sites for hydroxylation is 1. The van der Waals surface area contributed by atoms with Gasteiger partial charge in [-0.05, 0) is 37.1 Å². The van der Waals surface area contributed by atoms with Crippen molar-refractivity contribution in [1.82, 2.24) is 8.87 Å². The maximum Gasteiger partial charge on any atom is 0.247 e. The molecule has 22 heavy (non-hydrogen) atoms. The summed E-state index contributed by atoms with van der Waals surface area (Å²) in [5.74, 6) is 0.389. The first-order valence-electron chi connectivity index (χ1n) is 7.29. The fourth-order valence-corrected chi connectivity index (χ4v) is 4.37. The summed E-state index contributed by atoms with van der Waals surface area (Å²) in [5.41, 5.74) is 0.977. The summed E-state index contributed by atoms with van der Waals surface area (Å²) in [4.78, 5) is 0.235. The summed E-state index contributed by atoms with van der Waals surface area (Å²) >= 11 is 0. The van der Waals surface area contributed by atoms with E-state index >= 15 is 0 Å². The molecule has 5 nitrogen and oxygen atoms in total. The molecule has 1 aliphatic carbocycles. The van der Waals surface area contributed by atoms with Crippen LogP contribution in [0.4, 0.5) is 0 Å². The first kappa shape index (κ1) is 15.1. The Morgan fingerprint density at radius 2 is 1.95 bits per heavy atom. The van der Waals surface area contributed by atoms with Gasteiger partial charge in [-0.3, -0.25) is 0 Å². The number of hydrogen-bond acceptors (Lipinski definition) is 3. The molecule has 3 rings (SSSR count). The molecule has 118 valence electrons. The zero-order valence-electron chi connectivity index (χ0n) is 12.8. The van der Waals surface area contributed by atoms with Crippen LogP contribution in [0.5, 0.6) is 5.75 Å². The molecule has 1 aromatic heterocycles. The smallest absolute Gasteiger partial charge is 0.247 e. The second kappa shape index (κ2) is 5.78. The third kappa shape index (κ3) is 2.76. The van der Waals surface area contributed by atoms with Crippen LogP contribution in [-0.4, -0.2) is 30.4 Å². The lowest BCUT2D eigenvalue weighted by Crippen LogP contribution is -2.33. The Morgan fingerprint density at radius 1 is 1.23 bits per heavy atom. The summed E-state index contributed by atoms with van der Waals surface area (Å²) < 4.78 is 34.9. The standard InChI is InChI=1S/C16H20N2O3S/c1-17-11-5-6-14(17)12-18(13-9-10-13)22(19,20)16-8-4-3-7-15(16)21-2/h3-8,11,13H,9-10,12H2,1-2H3. The minimum Gasteiger partial charge on any atom is -0.495 e. The highest BCUT2D eigenvalue weighted by Gasteiger charge is 2.39. The van der Waals surface area contributed by atoms with E-state index < -0.39 is 10.0 Å². The third-order valence-electron chi connectivity index (χ3n) is 3.98. The molecule has 1 fully saturated rings. The van der Waals surface area contributed by atoms with E-state index in [9.17, 15) is 8.42 Å². The molecule has 0 N–H and O–H groups in total. The molecule has 0 aliphatic heterocycles. The van der Waals surface area contributed by atoms with E-state index in [1.165, 1.54) is 7.11 Å². The number of hydrogen-bond donors (Lipinski definition) is 0. The average molecular weight is 320 g/mol. The first-order chi connectivity index (χ1) is 10.5. The van der Waals surface area contributed by atoms with Gasteiger partial charge in [0, 0.05) is 25.0 Å². The molecule has 0 atom stereocenters. The SMILES string of the molecule is COc1ccccc1S(=O)(=O)N(Cc1cccn1C)C1CC1. The van der Waals surface area contributed by atoms with Crippen LogP contribution in [0.25, 0.3) is 0 Å². The van der Waals surface area contributed by atoms with Crippen LogP contribution in [0.3, 0.4) is 0 Å². The molecule has 0 saturated heterocycles. The van der Waals surface area contributed by atoms with E-state index in [0.717, 1.165) is 18.5 Å². The number of nitrogens with zero attached hydrogens (tertiary/aromatic N) is 2. The van der Waals surface area contributed by atoms with Gasteiger partial charge in [-0.15, -0.1) is 0 Å². The van der Waals surface area contributed by atoms with Gasteiger partial charge in [0.1, 0.15) is 10.6 Å². The molecule has 6 heteroatoms. The topological polar surface area (TPSA) is 51.5 Å². The lowest BCUT2D eigenvalue weighted by molar-refractivity contribution is 0.377. The van der Waals surface area contributed by atoms with E-state index in [1.807, 2.05) is 29.9 Å².